The topological polar surface area (TPSA) is 76.4 Å². The second kappa shape index (κ2) is 8.70. The van der Waals surface area contributed by atoms with E-state index in [1.54, 1.807) is 0 Å². The number of hydrogen-bond donors (Lipinski definition) is 2. The Morgan fingerprint density at radius 1 is 1.40 bits per heavy atom. The Balaban J connectivity index is 2.92. The first kappa shape index (κ1) is 21.5. The second-order valence-corrected chi connectivity index (χ2v) is 8.39. The molecule has 0 saturated heterocycles. The summed E-state index contributed by atoms with van der Waals surface area (Å²) >= 11 is 0. The van der Waals surface area contributed by atoms with Crippen LogP contribution in [0.4, 0.5) is 4.79 Å². The highest BCUT2D eigenvalue weighted by molar-refractivity contribution is 5.67. The molecule has 1 unspecified atom stereocenters. The van der Waals surface area contributed by atoms with Gasteiger partial charge in [-0.15, -0.1) is 0 Å². The van der Waals surface area contributed by atoms with Gasteiger partial charge < -0.3 is 15.2 Å². The summed E-state index contributed by atoms with van der Waals surface area (Å²) in [6.07, 6.45) is 1.88. The van der Waals surface area contributed by atoms with E-state index in [4.69, 9.17) is 4.74 Å². The number of amides is 1. The Morgan fingerprint density at radius 2 is 2.04 bits per heavy atom. The van der Waals surface area contributed by atoms with Crippen LogP contribution in [0.3, 0.4) is 0 Å². The van der Waals surface area contributed by atoms with Crippen LogP contribution in [0.2, 0.25) is 0 Å². The molecule has 0 radical (unpaired) electrons. The Bertz CT molecular complexity index is 561. The minimum absolute atomic E-state index is 0.00633. The molecule has 1 aromatic rings. The van der Waals surface area contributed by atoms with E-state index in [9.17, 15) is 9.90 Å². The molecule has 0 spiro atoms. The molecule has 0 aliphatic rings. The van der Waals surface area contributed by atoms with Gasteiger partial charge in [0, 0.05) is 24.7 Å². The maximum Gasteiger partial charge on any atom is 0.407 e. The Morgan fingerprint density at radius 3 is 2.48 bits per heavy atom. The molecule has 144 valence electrons. The third kappa shape index (κ3) is 7.06. The molecule has 6 heteroatoms. The van der Waals surface area contributed by atoms with E-state index in [2.05, 4.69) is 37.3 Å². The van der Waals surface area contributed by atoms with Crippen molar-refractivity contribution < 1.29 is 14.6 Å². The highest BCUT2D eigenvalue weighted by Gasteiger charge is 2.33. The van der Waals surface area contributed by atoms with Crippen LogP contribution in [0.15, 0.2) is 6.07 Å². The quantitative estimate of drug-likeness (QED) is 0.753. The maximum atomic E-state index is 12.0. The molecule has 1 rings (SSSR count). The molecule has 0 bridgehead atoms. The van der Waals surface area contributed by atoms with Crippen molar-refractivity contribution in [2.24, 2.45) is 18.4 Å². The lowest BCUT2D eigenvalue weighted by Gasteiger charge is -2.34. The minimum Gasteiger partial charge on any atom is -0.444 e. The predicted octanol–water partition coefficient (Wildman–Crippen LogP) is 3.07. The molecule has 1 amide bonds. The first-order valence-corrected chi connectivity index (χ1v) is 9.10. The number of aryl methyl sites for hydroxylation is 2. The highest BCUT2D eigenvalue weighted by Crippen LogP contribution is 2.30. The minimum atomic E-state index is -0.540. The SMILES string of the molecule is CCc1cc(CC(CO)(CNC(=O)OC(C)(C)C)CC(C)C)n(C)n1. The van der Waals surface area contributed by atoms with Crippen molar-refractivity contribution in [1.29, 1.82) is 0 Å². The number of ether oxygens (including phenoxy) is 1. The Labute approximate surface area is 151 Å². The first-order chi connectivity index (χ1) is 11.5. The maximum absolute atomic E-state index is 12.0. The predicted molar refractivity (Wildman–Crippen MR) is 99.5 cm³/mol. The van der Waals surface area contributed by atoms with Gasteiger partial charge >= 0.3 is 6.09 Å². The van der Waals surface area contributed by atoms with Gasteiger partial charge in [-0.05, 0) is 52.0 Å². The number of hydrogen-bond acceptors (Lipinski definition) is 4. The van der Waals surface area contributed by atoms with E-state index < -0.39 is 17.1 Å². The van der Waals surface area contributed by atoms with Gasteiger partial charge in [-0.3, -0.25) is 4.68 Å². The van der Waals surface area contributed by atoms with Crippen LogP contribution in [-0.4, -0.2) is 39.7 Å². The highest BCUT2D eigenvalue weighted by atomic mass is 16.6. The monoisotopic (exact) mass is 353 g/mol. The summed E-state index contributed by atoms with van der Waals surface area (Å²) in [4.78, 5) is 12.0. The van der Waals surface area contributed by atoms with Crippen LogP contribution in [0.25, 0.3) is 0 Å². The summed E-state index contributed by atoms with van der Waals surface area (Å²) in [5, 5.41) is 17.5. The van der Waals surface area contributed by atoms with E-state index >= 15 is 0 Å². The second-order valence-electron chi connectivity index (χ2n) is 8.39. The molecule has 0 aliphatic carbocycles. The molecule has 6 nitrogen and oxygen atoms in total. The van der Waals surface area contributed by atoms with Crippen molar-refractivity contribution >= 4 is 6.09 Å². The van der Waals surface area contributed by atoms with E-state index in [1.807, 2.05) is 32.5 Å². The van der Waals surface area contributed by atoms with Crippen LogP contribution >= 0.6 is 0 Å². The lowest BCUT2D eigenvalue weighted by atomic mass is 9.77. The zero-order valence-electron chi connectivity index (χ0n) is 16.8. The Hall–Kier alpha value is -1.56. The van der Waals surface area contributed by atoms with Gasteiger partial charge in [0.25, 0.3) is 0 Å². The molecule has 25 heavy (non-hydrogen) atoms. The van der Waals surface area contributed by atoms with Crippen LogP contribution in [0, 0.1) is 11.3 Å². The number of aliphatic hydroxyl groups excluding tert-OH is 1. The molecule has 0 aromatic carbocycles. The van der Waals surface area contributed by atoms with Crippen LogP contribution in [0.5, 0.6) is 0 Å². The standard InChI is InChI=1S/C19H35N3O3/c1-8-15-9-16(22(7)21-15)11-19(13-23,10-14(2)3)12-20-17(24)25-18(4,5)6/h9,14,23H,8,10-13H2,1-7H3,(H,20,24). The van der Waals surface area contributed by atoms with Gasteiger partial charge in [-0.2, -0.15) is 5.10 Å². The van der Waals surface area contributed by atoms with Crippen molar-refractivity contribution in [3.8, 4) is 0 Å². The lowest BCUT2D eigenvalue weighted by Crippen LogP contribution is -2.44. The number of carbonyl (C=O) groups excluding carboxylic acids is 1. The molecule has 1 heterocycles. The van der Waals surface area contributed by atoms with Gasteiger partial charge in [-0.25, -0.2) is 4.79 Å². The zero-order chi connectivity index (χ0) is 19.3. The third-order valence-electron chi connectivity index (χ3n) is 4.13. The number of rotatable bonds is 8. The van der Waals surface area contributed by atoms with E-state index in [0.29, 0.717) is 18.9 Å². The van der Waals surface area contributed by atoms with Crippen molar-refractivity contribution in [2.45, 2.75) is 66.4 Å². The van der Waals surface area contributed by atoms with E-state index in [-0.39, 0.29) is 6.61 Å². The Kier molecular flexibility index (Phi) is 7.47. The lowest BCUT2D eigenvalue weighted by molar-refractivity contribution is 0.0438. The molecular formula is C19H35N3O3. The van der Waals surface area contributed by atoms with Crippen molar-refractivity contribution in [2.75, 3.05) is 13.2 Å². The summed E-state index contributed by atoms with van der Waals surface area (Å²) in [6.45, 7) is 12.2. The molecule has 0 saturated carbocycles. The summed E-state index contributed by atoms with van der Waals surface area (Å²) in [7, 11) is 1.92. The molecule has 0 fully saturated rings. The number of alkyl carbamates (subject to hydrolysis) is 1. The van der Waals surface area contributed by atoms with Crippen LogP contribution in [-0.2, 0) is 24.6 Å². The summed E-state index contributed by atoms with van der Waals surface area (Å²) < 4.78 is 7.20. The number of aliphatic hydroxyl groups is 1. The van der Waals surface area contributed by atoms with Crippen molar-refractivity contribution in [3.05, 3.63) is 17.5 Å². The van der Waals surface area contributed by atoms with Crippen molar-refractivity contribution in [3.63, 3.8) is 0 Å². The number of nitrogens with one attached hydrogen (secondary N) is 1. The average molecular weight is 354 g/mol. The molecule has 1 aromatic heterocycles. The van der Waals surface area contributed by atoms with Crippen molar-refractivity contribution in [1.82, 2.24) is 15.1 Å². The molecule has 2 N–H and O–H groups in total. The molecule has 1 atom stereocenters. The molecular weight excluding hydrogens is 318 g/mol. The summed E-state index contributed by atoms with van der Waals surface area (Å²) in [5.74, 6) is 0.395. The van der Waals surface area contributed by atoms with Gasteiger partial charge in [0.2, 0.25) is 0 Å². The zero-order valence-corrected chi connectivity index (χ0v) is 16.8. The van der Waals surface area contributed by atoms with Gasteiger partial charge in [0.05, 0.1) is 12.3 Å². The summed E-state index contributed by atoms with van der Waals surface area (Å²) in [6, 6.07) is 2.08. The van der Waals surface area contributed by atoms with Gasteiger partial charge in [-0.1, -0.05) is 20.8 Å². The number of aromatic nitrogens is 2. The van der Waals surface area contributed by atoms with Gasteiger partial charge in [0.15, 0.2) is 0 Å². The smallest absolute Gasteiger partial charge is 0.407 e. The normalized spacial score (nSPS) is 14.4. The fourth-order valence-corrected chi connectivity index (χ4v) is 3.12. The molecule has 0 aliphatic heterocycles. The summed E-state index contributed by atoms with van der Waals surface area (Å²) in [5.41, 5.74) is 1.12. The average Bonchev–Trinajstić information content (AvgIpc) is 2.82. The fraction of sp³-hybridized carbons (Fsp3) is 0.789. The van der Waals surface area contributed by atoms with Crippen LogP contribution < -0.4 is 5.32 Å². The van der Waals surface area contributed by atoms with Crippen LogP contribution in [0.1, 0.15) is 59.4 Å². The van der Waals surface area contributed by atoms with E-state index in [0.717, 1.165) is 24.2 Å². The van der Waals surface area contributed by atoms with Gasteiger partial charge in [0.1, 0.15) is 5.60 Å². The first-order valence-electron chi connectivity index (χ1n) is 9.10. The largest absolute Gasteiger partial charge is 0.444 e. The number of carbonyl (C=O) groups is 1. The number of nitrogens with zero attached hydrogens (tertiary/aromatic N) is 2. The third-order valence-corrected chi connectivity index (χ3v) is 4.13. The fourth-order valence-electron chi connectivity index (χ4n) is 3.12. The van der Waals surface area contributed by atoms with E-state index in [1.165, 1.54) is 0 Å².